The molecule has 0 spiro atoms. The minimum atomic E-state index is -0.158. The smallest absolute Gasteiger partial charge is 0.256 e. The van der Waals surface area contributed by atoms with Crippen LogP contribution in [0.15, 0.2) is 60.7 Å². The molecule has 5 nitrogen and oxygen atoms in total. The summed E-state index contributed by atoms with van der Waals surface area (Å²) in [6.45, 7) is 4.00. The van der Waals surface area contributed by atoms with Crippen LogP contribution in [0.2, 0.25) is 0 Å². The van der Waals surface area contributed by atoms with Crippen molar-refractivity contribution in [3.05, 3.63) is 77.5 Å². The van der Waals surface area contributed by atoms with E-state index in [9.17, 15) is 4.79 Å². The Balaban J connectivity index is 1.83. The molecule has 4 aromatic rings. The lowest BCUT2D eigenvalue weighted by Crippen LogP contribution is -2.13. The highest BCUT2D eigenvalue weighted by atomic mass is 16.1. The number of carbonyl (C=O) groups excluding carboxylic acids is 1. The van der Waals surface area contributed by atoms with Gasteiger partial charge < -0.3 is 5.32 Å². The van der Waals surface area contributed by atoms with Crippen molar-refractivity contribution in [3.8, 4) is 11.3 Å². The summed E-state index contributed by atoms with van der Waals surface area (Å²) in [7, 11) is 1.85. The van der Waals surface area contributed by atoms with E-state index in [-0.39, 0.29) is 5.91 Å². The summed E-state index contributed by atoms with van der Waals surface area (Å²) in [5.41, 5.74) is 5.76. The molecule has 0 radical (unpaired) electrons. The zero-order chi connectivity index (χ0) is 19.7. The molecule has 0 unspecified atom stereocenters. The Morgan fingerprint density at radius 1 is 1.07 bits per heavy atom. The van der Waals surface area contributed by atoms with Crippen LogP contribution >= 0.6 is 0 Å². The number of fused-ring (bicyclic) bond motifs is 1. The van der Waals surface area contributed by atoms with Crippen LogP contribution in [0, 0.1) is 6.92 Å². The molecule has 0 atom stereocenters. The molecule has 0 aliphatic rings. The number of amides is 1. The number of nitrogens with one attached hydrogen (secondary N) is 1. The molecule has 0 bridgehead atoms. The normalized spacial score (nSPS) is 11.0. The van der Waals surface area contributed by atoms with Gasteiger partial charge in [-0.1, -0.05) is 49.4 Å². The van der Waals surface area contributed by atoms with Crippen LogP contribution in [0.1, 0.15) is 28.5 Å². The quantitative estimate of drug-likeness (QED) is 0.563. The van der Waals surface area contributed by atoms with Crippen molar-refractivity contribution >= 4 is 22.6 Å². The highest BCUT2D eigenvalue weighted by Crippen LogP contribution is 2.27. The third kappa shape index (κ3) is 3.27. The predicted octanol–water partition coefficient (Wildman–Crippen LogP) is 4.76. The molecule has 28 heavy (non-hydrogen) atoms. The first-order chi connectivity index (χ1) is 13.6. The first kappa shape index (κ1) is 17.9. The van der Waals surface area contributed by atoms with Crippen LogP contribution in [0.3, 0.4) is 0 Å². The van der Waals surface area contributed by atoms with Gasteiger partial charge in [0.15, 0.2) is 5.65 Å². The molecule has 2 aromatic carbocycles. The zero-order valence-corrected chi connectivity index (χ0v) is 16.2. The zero-order valence-electron chi connectivity index (χ0n) is 16.2. The summed E-state index contributed by atoms with van der Waals surface area (Å²) in [6, 6.07) is 19.6. The van der Waals surface area contributed by atoms with E-state index >= 15 is 0 Å². The van der Waals surface area contributed by atoms with Crippen LogP contribution < -0.4 is 5.32 Å². The van der Waals surface area contributed by atoms with Crippen molar-refractivity contribution in [3.63, 3.8) is 0 Å². The monoisotopic (exact) mass is 370 g/mol. The Bertz CT molecular complexity index is 1160. The van der Waals surface area contributed by atoms with Crippen LogP contribution in [-0.2, 0) is 13.5 Å². The molecular weight excluding hydrogens is 348 g/mol. The maximum absolute atomic E-state index is 13.2. The number of benzene rings is 2. The van der Waals surface area contributed by atoms with Crippen LogP contribution in [0.4, 0.5) is 5.69 Å². The number of pyridine rings is 1. The second-order valence-electron chi connectivity index (χ2n) is 6.84. The summed E-state index contributed by atoms with van der Waals surface area (Å²) >= 11 is 0. The van der Waals surface area contributed by atoms with Gasteiger partial charge in [-0.25, -0.2) is 4.98 Å². The number of hydrogen-bond acceptors (Lipinski definition) is 3. The number of nitrogens with zero attached hydrogens (tertiary/aromatic N) is 3. The van der Waals surface area contributed by atoms with Gasteiger partial charge >= 0.3 is 0 Å². The number of rotatable bonds is 4. The predicted molar refractivity (Wildman–Crippen MR) is 112 cm³/mol. The van der Waals surface area contributed by atoms with Crippen molar-refractivity contribution in [2.75, 3.05) is 5.32 Å². The summed E-state index contributed by atoms with van der Waals surface area (Å²) in [5, 5.41) is 8.30. The number of aromatic nitrogens is 3. The Kier molecular flexibility index (Phi) is 4.65. The third-order valence-electron chi connectivity index (χ3n) is 4.88. The van der Waals surface area contributed by atoms with Gasteiger partial charge in [-0.05, 0) is 37.1 Å². The number of carbonyl (C=O) groups is 1. The molecule has 0 saturated carbocycles. The fourth-order valence-corrected chi connectivity index (χ4v) is 3.45. The van der Waals surface area contributed by atoms with Gasteiger partial charge in [0.2, 0.25) is 0 Å². The van der Waals surface area contributed by atoms with E-state index in [1.165, 1.54) is 5.56 Å². The fourth-order valence-electron chi connectivity index (χ4n) is 3.45. The second kappa shape index (κ2) is 7.27. The second-order valence-corrected chi connectivity index (χ2v) is 6.84. The fraction of sp³-hybridized carbons (Fsp3) is 0.174. The van der Waals surface area contributed by atoms with Crippen molar-refractivity contribution in [2.24, 2.45) is 7.05 Å². The van der Waals surface area contributed by atoms with E-state index in [0.29, 0.717) is 11.2 Å². The molecular formula is C23H22N4O. The van der Waals surface area contributed by atoms with E-state index < -0.39 is 0 Å². The Labute approximate surface area is 164 Å². The Hall–Kier alpha value is -3.47. The Morgan fingerprint density at radius 2 is 1.86 bits per heavy atom. The minimum absolute atomic E-state index is 0.158. The van der Waals surface area contributed by atoms with E-state index in [2.05, 4.69) is 23.4 Å². The lowest BCUT2D eigenvalue weighted by molar-refractivity contribution is 0.102. The number of anilines is 1. The van der Waals surface area contributed by atoms with Crippen LogP contribution in [0.25, 0.3) is 22.3 Å². The van der Waals surface area contributed by atoms with Gasteiger partial charge in [0.25, 0.3) is 5.91 Å². The molecule has 1 amide bonds. The van der Waals surface area contributed by atoms with Gasteiger partial charge in [0.05, 0.1) is 22.3 Å². The van der Waals surface area contributed by atoms with Crippen molar-refractivity contribution < 1.29 is 4.79 Å². The van der Waals surface area contributed by atoms with E-state index in [4.69, 9.17) is 4.98 Å². The molecule has 0 aliphatic heterocycles. The molecule has 0 fully saturated rings. The summed E-state index contributed by atoms with van der Waals surface area (Å²) in [4.78, 5) is 18.0. The first-order valence-electron chi connectivity index (χ1n) is 9.37. The van der Waals surface area contributed by atoms with E-state index in [0.717, 1.165) is 34.4 Å². The molecule has 140 valence electrons. The summed E-state index contributed by atoms with van der Waals surface area (Å²) < 4.78 is 1.73. The van der Waals surface area contributed by atoms with Gasteiger partial charge in [-0.2, -0.15) is 5.10 Å². The lowest BCUT2D eigenvalue weighted by atomic mass is 10.0. The Morgan fingerprint density at radius 3 is 2.61 bits per heavy atom. The van der Waals surface area contributed by atoms with Gasteiger partial charge in [0, 0.05) is 18.3 Å². The van der Waals surface area contributed by atoms with Gasteiger partial charge in [0.1, 0.15) is 0 Å². The van der Waals surface area contributed by atoms with Crippen molar-refractivity contribution in [2.45, 2.75) is 20.3 Å². The first-order valence-corrected chi connectivity index (χ1v) is 9.37. The third-order valence-corrected chi connectivity index (χ3v) is 4.88. The van der Waals surface area contributed by atoms with Crippen LogP contribution in [0.5, 0.6) is 0 Å². The van der Waals surface area contributed by atoms with Gasteiger partial charge in [-0.3, -0.25) is 9.48 Å². The summed E-state index contributed by atoms with van der Waals surface area (Å²) in [6.07, 6.45) is 0.920. The highest BCUT2D eigenvalue weighted by molar-refractivity contribution is 6.13. The number of hydrogen-bond donors (Lipinski definition) is 1. The maximum atomic E-state index is 13.2. The SMILES string of the molecule is CCc1cccc(NC(=O)c2cc(-c3ccccc3)nc3c2c(C)nn3C)c1. The van der Waals surface area contributed by atoms with E-state index in [1.807, 2.05) is 68.6 Å². The molecule has 4 rings (SSSR count). The standard InChI is InChI=1S/C23H22N4O/c1-4-16-9-8-12-18(13-16)24-23(28)19-14-20(17-10-6-5-7-11-17)25-22-21(19)15(2)26-27(22)3/h5-14H,4H2,1-3H3,(H,24,28). The largest absolute Gasteiger partial charge is 0.322 e. The minimum Gasteiger partial charge on any atom is -0.322 e. The maximum Gasteiger partial charge on any atom is 0.256 e. The average molecular weight is 370 g/mol. The molecule has 2 heterocycles. The number of aryl methyl sites for hydroxylation is 3. The van der Waals surface area contributed by atoms with Crippen molar-refractivity contribution in [1.82, 2.24) is 14.8 Å². The highest BCUT2D eigenvalue weighted by Gasteiger charge is 2.19. The van der Waals surface area contributed by atoms with Crippen LogP contribution in [-0.4, -0.2) is 20.7 Å². The molecule has 2 aromatic heterocycles. The molecule has 1 N–H and O–H groups in total. The van der Waals surface area contributed by atoms with E-state index in [1.54, 1.807) is 4.68 Å². The molecule has 0 saturated heterocycles. The molecule has 0 aliphatic carbocycles. The molecule has 5 heteroatoms. The van der Waals surface area contributed by atoms with Crippen molar-refractivity contribution in [1.29, 1.82) is 0 Å². The topological polar surface area (TPSA) is 59.8 Å². The summed E-state index contributed by atoms with van der Waals surface area (Å²) in [5.74, 6) is -0.158. The van der Waals surface area contributed by atoms with Gasteiger partial charge in [-0.15, -0.1) is 0 Å². The average Bonchev–Trinajstić information content (AvgIpc) is 3.02. The lowest BCUT2D eigenvalue weighted by Gasteiger charge is -2.10.